The lowest BCUT2D eigenvalue weighted by Gasteiger charge is -2.22. The fourth-order valence-electron chi connectivity index (χ4n) is 3.69. The first-order valence-corrected chi connectivity index (χ1v) is 9.31. The molecule has 5 nitrogen and oxygen atoms in total. The van der Waals surface area contributed by atoms with Crippen molar-refractivity contribution in [2.45, 2.75) is 51.5 Å². The van der Waals surface area contributed by atoms with E-state index >= 15 is 0 Å². The van der Waals surface area contributed by atoms with Crippen LogP contribution in [0.2, 0.25) is 0 Å². The van der Waals surface area contributed by atoms with E-state index in [0.717, 1.165) is 54.9 Å². The van der Waals surface area contributed by atoms with E-state index in [1.807, 2.05) is 13.0 Å². The molecule has 0 radical (unpaired) electrons. The number of aryl methyl sites for hydroxylation is 4. The standard InChI is InChI=1S/C18H21N3O2S/c1-10-19-16-14(7-4-8-15(16)24-10)20-17(22)12-9-11-5-3-6-13(11)21-18(12)23-2/h9,14H,3-8H2,1-2H3,(H,20,22). The molecule has 0 saturated heterocycles. The van der Waals surface area contributed by atoms with Crippen LogP contribution in [0.25, 0.3) is 0 Å². The molecule has 2 aromatic rings. The van der Waals surface area contributed by atoms with Crippen molar-refractivity contribution in [1.82, 2.24) is 15.3 Å². The van der Waals surface area contributed by atoms with E-state index in [1.54, 1.807) is 18.4 Å². The highest BCUT2D eigenvalue weighted by Crippen LogP contribution is 2.34. The Balaban J connectivity index is 1.61. The molecule has 2 heterocycles. The molecule has 2 aromatic heterocycles. The van der Waals surface area contributed by atoms with E-state index in [-0.39, 0.29) is 11.9 Å². The van der Waals surface area contributed by atoms with E-state index in [0.29, 0.717) is 11.4 Å². The molecule has 1 N–H and O–H groups in total. The van der Waals surface area contributed by atoms with Crippen LogP contribution < -0.4 is 10.1 Å². The van der Waals surface area contributed by atoms with Gasteiger partial charge in [-0.05, 0) is 57.1 Å². The maximum atomic E-state index is 12.9. The number of amides is 1. The smallest absolute Gasteiger partial charge is 0.257 e. The Kier molecular flexibility index (Phi) is 4.00. The number of rotatable bonds is 3. The van der Waals surface area contributed by atoms with Gasteiger partial charge >= 0.3 is 0 Å². The van der Waals surface area contributed by atoms with Crippen LogP contribution >= 0.6 is 11.3 Å². The van der Waals surface area contributed by atoms with Crippen LogP contribution in [-0.4, -0.2) is 23.0 Å². The summed E-state index contributed by atoms with van der Waals surface area (Å²) in [6, 6.07) is 1.95. The van der Waals surface area contributed by atoms with Gasteiger partial charge in [0.25, 0.3) is 5.91 Å². The van der Waals surface area contributed by atoms with E-state index in [9.17, 15) is 4.79 Å². The minimum absolute atomic E-state index is 0.0100. The Morgan fingerprint density at radius 1 is 1.29 bits per heavy atom. The third kappa shape index (κ3) is 2.69. The Labute approximate surface area is 145 Å². The van der Waals surface area contributed by atoms with Crippen LogP contribution in [0.3, 0.4) is 0 Å². The first-order chi connectivity index (χ1) is 11.7. The highest BCUT2D eigenvalue weighted by atomic mass is 32.1. The van der Waals surface area contributed by atoms with Gasteiger partial charge in [-0.15, -0.1) is 11.3 Å². The zero-order valence-electron chi connectivity index (χ0n) is 14.0. The maximum absolute atomic E-state index is 12.9. The normalized spacial score (nSPS) is 18.8. The number of nitrogens with zero attached hydrogens (tertiary/aromatic N) is 2. The van der Waals surface area contributed by atoms with Gasteiger partial charge in [-0.2, -0.15) is 0 Å². The topological polar surface area (TPSA) is 64.1 Å². The third-order valence-electron chi connectivity index (χ3n) is 4.82. The molecule has 4 rings (SSSR count). The van der Waals surface area contributed by atoms with Gasteiger partial charge in [-0.25, -0.2) is 9.97 Å². The van der Waals surface area contributed by atoms with Crippen LogP contribution in [-0.2, 0) is 19.3 Å². The van der Waals surface area contributed by atoms with Crippen LogP contribution in [0.4, 0.5) is 0 Å². The van der Waals surface area contributed by atoms with Crippen LogP contribution in [0.15, 0.2) is 6.07 Å². The van der Waals surface area contributed by atoms with Crippen LogP contribution in [0.5, 0.6) is 5.88 Å². The summed E-state index contributed by atoms with van der Waals surface area (Å²) in [6.45, 7) is 2.02. The molecule has 0 bridgehead atoms. The second-order valence-corrected chi connectivity index (χ2v) is 7.75. The quantitative estimate of drug-likeness (QED) is 0.930. The number of ether oxygens (including phenoxy) is 1. The fraction of sp³-hybridized carbons (Fsp3) is 0.500. The minimum atomic E-state index is -0.113. The Hall–Kier alpha value is -1.95. The lowest BCUT2D eigenvalue weighted by atomic mass is 9.97. The number of thiazole rings is 1. The molecule has 1 amide bonds. The molecule has 2 aliphatic rings. The molecule has 2 aliphatic carbocycles. The highest BCUT2D eigenvalue weighted by molar-refractivity contribution is 7.11. The maximum Gasteiger partial charge on any atom is 0.257 e. The predicted molar refractivity (Wildman–Crippen MR) is 92.8 cm³/mol. The van der Waals surface area contributed by atoms with E-state index < -0.39 is 0 Å². The summed E-state index contributed by atoms with van der Waals surface area (Å²) in [5.41, 5.74) is 3.83. The number of aromatic nitrogens is 2. The fourth-order valence-corrected chi connectivity index (χ4v) is 4.73. The summed E-state index contributed by atoms with van der Waals surface area (Å²) >= 11 is 1.74. The largest absolute Gasteiger partial charge is 0.480 e. The van der Waals surface area contributed by atoms with Crippen molar-refractivity contribution in [1.29, 1.82) is 0 Å². The van der Waals surface area contributed by atoms with Gasteiger partial charge in [0.2, 0.25) is 5.88 Å². The molecule has 24 heavy (non-hydrogen) atoms. The van der Waals surface area contributed by atoms with Crippen molar-refractivity contribution >= 4 is 17.2 Å². The average molecular weight is 343 g/mol. The molecule has 1 atom stereocenters. The number of hydrogen-bond acceptors (Lipinski definition) is 5. The van der Waals surface area contributed by atoms with E-state index in [4.69, 9.17) is 4.74 Å². The molecular formula is C18H21N3O2S. The molecule has 0 aromatic carbocycles. The van der Waals surface area contributed by atoms with Gasteiger partial charge in [0.05, 0.1) is 23.9 Å². The summed E-state index contributed by atoms with van der Waals surface area (Å²) in [6.07, 6.45) is 6.14. The SMILES string of the molecule is COc1nc2c(cc1C(=O)NC1CCCc3sc(C)nc31)CCC2. The zero-order chi connectivity index (χ0) is 16.7. The average Bonchev–Trinajstić information content (AvgIpc) is 3.18. The van der Waals surface area contributed by atoms with Crippen molar-refractivity contribution in [2.75, 3.05) is 7.11 Å². The monoisotopic (exact) mass is 343 g/mol. The summed E-state index contributed by atoms with van der Waals surface area (Å²) in [4.78, 5) is 23.3. The van der Waals surface area contributed by atoms with Crippen molar-refractivity contribution in [3.63, 3.8) is 0 Å². The molecular weight excluding hydrogens is 322 g/mol. The van der Waals surface area contributed by atoms with Crippen molar-refractivity contribution in [2.24, 2.45) is 0 Å². The minimum Gasteiger partial charge on any atom is -0.480 e. The zero-order valence-corrected chi connectivity index (χ0v) is 14.8. The lowest BCUT2D eigenvalue weighted by Crippen LogP contribution is -2.31. The molecule has 6 heteroatoms. The van der Waals surface area contributed by atoms with E-state index in [2.05, 4.69) is 15.3 Å². The number of fused-ring (bicyclic) bond motifs is 2. The number of hydrogen-bond donors (Lipinski definition) is 1. The summed E-state index contributed by atoms with van der Waals surface area (Å²) in [5.74, 6) is 0.316. The number of carbonyl (C=O) groups excluding carboxylic acids is 1. The number of nitrogens with one attached hydrogen (secondary N) is 1. The molecule has 0 saturated carbocycles. The Morgan fingerprint density at radius 3 is 3.00 bits per heavy atom. The second-order valence-electron chi connectivity index (χ2n) is 6.46. The van der Waals surface area contributed by atoms with Gasteiger partial charge in [0.15, 0.2) is 0 Å². The summed E-state index contributed by atoms with van der Waals surface area (Å²) < 4.78 is 5.37. The molecule has 126 valence electrons. The molecule has 0 fully saturated rings. The number of methoxy groups -OCH3 is 1. The molecule has 1 unspecified atom stereocenters. The van der Waals surface area contributed by atoms with Gasteiger partial charge in [-0.3, -0.25) is 4.79 Å². The highest BCUT2D eigenvalue weighted by Gasteiger charge is 2.28. The van der Waals surface area contributed by atoms with Crippen molar-refractivity contribution < 1.29 is 9.53 Å². The first-order valence-electron chi connectivity index (χ1n) is 8.49. The van der Waals surface area contributed by atoms with Gasteiger partial charge in [-0.1, -0.05) is 0 Å². The number of pyridine rings is 1. The van der Waals surface area contributed by atoms with Gasteiger partial charge in [0.1, 0.15) is 5.56 Å². The number of carbonyl (C=O) groups is 1. The van der Waals surface area contributed by atoms with Crippen LogP contribution in [0, 0.1) is 6.92 Å². The van der Waals surface area contributed by atoms with Crippen molar-refractivity contribution in [3.8, 4) is 5.88 Å². The first kappa shape index (κ1) is 15.6. The molecule has 0 spiro atoms. The van der Waals surface area contributed by atoms with E-state index in [1.165, 1.54) is 10.4 Å². The van der Waals surface area contributed by atoms with Crippen LogP contribution in [0.1, 0.15) is 62.5 Å². The predicted octanol–water partition coefficient (Wildman–Crippen LogP) is 3.15. The third-order valence-corrected chi connectivity index (χ3v) is 5.87. The van der Waals surface area contributed by atoms with Crippen molar-refractivity contribution in [3.05, 3.63) is 38.5 Å². The van der Waals surface area contributed by atoms with Gasteiger partial charge < -0.3 is 10.1 Å². The summed E-state index contributed by atoms with van der Waals surface area (Å²) in [7, 11) is 1.57. The second kappa shape index (κ2) is 6.16. The lowest BCUT2D eigenvalue weighted by molar-refractivity contribution is 0.0928. The summed E-state index contributed by atoms with van der Waals surface area (Å²) in [5, 5.41) is 4.22. The molecule has 0 aliphatic heterocycles. The van der Waals surface area contributed by atoms with Gasteiger partial charge in [0, 0.05) is 10.6 Å². The Morgan fingerprint density at radius 2 is 2.17 bits per heavy atom. The Bertz CT molecular complexity index is 800.